The monoisotopic (exact) mass is 521 g/mol. The molecular formula is C28H29ClFN5O2. The fraction of sp³-hybridized carbons (Fsp3) is 0.429. The molecule has 9 heteroatoms. The second-order valence-corrected chi connectivity index (χ2v) is 11.7. The number of carbonyl (C=O) groups is 1. The second-order valence-electron chi connectivity index (χ2n) is 11.3. The van der Waals surface area contributed by atoms with E-state index in [0.29, 0.717) is 22.5 Å². The SMILES string of the molecule is CC(C)(C)OC(=O)NC1CC2N(c3cnc(-c4ccc(F)cc4)c(-c4ccncc4Cl)n3)C3CCC32C1. The molecule has 37 heavy (non-hydrogen) atoms. The summed E-state index contributed by atoms with van der Waals surface area (Å²) in [6, 6.07) is 8.75. The highest BCUT2D eigenvalue weighted by Gasteiger charge is 2.69. The molecule has 4 unspecified atom stereocenters. The first kappa shape index (κ1) is 24.1. The second kappa shape index (κ2) is 8.65. The molecule has 3 heterocycles. The van der Waals surface area contributed by atoms with Crippen molar-refractivity contribution in [2.75, 3.05) is 4.90 Å². The summed E-state index contributed by atoms with van der Waals surface area (Å²) in [4.78, 5) is 28.8. The number of nitrogens with one attached hydrogen (secondary N) is 1. The molecule has 4 atom stereocenters. The molecule has 3 fully saturated rings. The number of pyridine rings is 1. The quantitative estimate of drug-likeness (QED) is 0.452. The summed E-state index contributed by atoms with van der Waals surface area (Å²) in [6.45, 7) is 5.61. The summed E-state index contributed by atoms with van der Waals surface area (Å²) in [7, 11) is 0. The molecule has 192 valence electrons. The molecule has 1 spiro atoms. The molecule has 1 saturated heterocycles. The summed E-state index contributed by atoms with van der Waals surface area (Å²) < 4.78 is 19.1. The first-order chi connectivity index (χ1) is 17.6. The van der Waals surface area contributed by atoms with Crippen molar-refractivity contribution in [3.05, 3.63) is 59.8 Å². The normalized spacial score (nSPS) is 26.0. The largest absolute Gasteiger partial charge is 0.444 e. The van der Waals surface area contributed by atoms with Crippen molar-refractivity contribution in [2.24, 2.45) is 5.41 Å². The first-order valence-electron chi connectivity index (χ1n) is 12.7. The van der Waals surface area contributed by atoms with E-state index in [2.05, 4.69) is 15.2 Å². The van der Waals surface area contributed by atoms with Crippen LogP contribution in [-0.2, 0) is 4.74 Å². The van der Waals surface area contributed by atoms with Gasteiger partial charge >= 0.3 is 6.09 Å². The molecule has 2 aliphatic carbocycles. The van der Waals surface area contributed by atoms with E-state index in [9.17, 15) is 9.18 Å². The van der Waals surface area contributed by atoms with Gasteiger partial charge in [0.1, 0.15) is 22.9 Å². The van der Waals surface area contributed by atoms with Gasteiger partial charge in [0, 0.05) is 47.1 Å². The standard InChI is InChI=1S/C28H29ClFN5O2/c1-27(2,3)37-26(36)33-18-12-22-28(13-18)10-8-21(28)35(22)23-15-32-24(16-4-6-17(30)7-5-16)25(34-23)19-9-11-31-14-20(19)29/h4-7,9,11,14-15,18,21-22H,8,10,12-13H2,1-3H3,(H,33,36). The highest BCUT2D eigenvalue weighted by Crippen LogP contribution is 2.66. The van der Waals surface area contributed by atoms with Gasteiger partial charge in [-0.25, -0.2) is 14.2 Å². The number of piperidine rings is 1. The van der Waals surface area contributed by atoms with Gasteiger partial charge in [0.15, 0.2) is 0 Å². The van der Waals surface area contributed by atoms with Crippen LogP contribution in [0.2, 0.25) is 5.02 Å². The minimum absolute atomic E-state index is 0.0632. The minimum Gasteiger partial charge on any atom is -0.444 e. The van der Waals surface area contributed by atoms with E-state index in [1.807, 2.05) is 26.8 Å². The predicted molar refractivity (Wildman–Crippen MR) is 140 cm³/mol. The Kier molecular flexibility index (Phi) is 5.64. The maximum absolute atomic E-state index is 13.6. The zero-order chi connectivity index (χ0) is 25.9. The van der Waals surface area contributed by atoms with Crippen LogP contribution in [-0.4, -0.2) is 44.8 Å². The Bertz CT molecular complexity index is 1360. The van der Waals surface area contributed by atoms with E-state index in [1.54, 1.807) is 30.7 Å². The van der Waals surface area contributed by atoms with Crippen molar-refractivity contribution < 1.29 is 13.9 Å². The zero-order valence-corrected chi connectivity index (χ0v) is 21.8. The van der Waals surface area contributed by atoms with Crippen LogP contribution in [0.5, 0.6) is 0 Å². The van der Waals surface area contributed by atoms with Crippen molar-refractivity contribution in [3.8, 4) is 22.5 Å². The molecular weight excluding hydrogens is 493 g/mol. The number of rotatable bonds is 4. The lowest BCUT2D eigenvalue weighted by Gasteiger charge is -2.68. The van der Waals surface area contributed by atoms with E-state index >= 15 is 0 Å². The molecule has 3 aliphatic rings. The maximum Gasteiger partial charge on any atom is 0.407 e. The zero-order valence-electron chi connectivity index (χ0n) is 21.0. The minimum atomic E-state index is -0.530. The molecule has 0 radical (unpaired) electrons. The van der Waals surface area contributed by atoms with Crippen LogP contribution in [0.25, 0.3) is 22.5 Å². The van der Waals surface area contributed by atoms with Crippen molar-refractivity contribution in [1.29, 1.82) is 0 Å². The molecule has 1 aliphatic heterocycles. The highest BCUT2D eigenvalue weighted by atomic mass is 35.5. The van der Waals surface area contributed by atoms with Gasteiger partial charge in [-0.2, -0.15) is 0 Å². The Morgan fingerprint density at radius 3 is 2.62 bits per heavy atom. The number of benzene rings is 1. The van der Waals surface area contributed by atoms with Crippen LogP contribution in [0.4, 0.5) is 15.0 Å². The van der Waals surface area contributed by atoms with Crippen molar-refractivity contribution in [2.45, 2.75) is 70.2 Å². The molecule has 1 amide bonds. The lowest BCUT2D eigenvalue weighted by molar-refractivity contribution is -0.0175. The summed E-state index contributed by atoms with van der Waals surface area (Å²) in [6.07, 6.45) is 8.71. The van der Waals surface area contributed by atoms with E-state index in [4.69, 9.17) is 26.3 Å². The summed E-state index contributed by atoms with van der Waals surface area (Å²) in [5.74, 6) is 0.478. The number of anilines is 1. The predicted octanol–water partition coefficient (Wildman–Crippen LogP) is 6.02. The van der Waals surface area contributed by atoms with Crippen LogP contribution in [0.1, 0.15) is 46.5 Å². The molecule has 0 bridgehead atoms. The summed E-state index contributed by atoms with van der Waals surface area (Å²) in [5, 5.41) is 3.56. The van der Waals surface area contributed by atoms with Crippen LogP contribution < -0.4 is 10.2 Å². The van der Waals surface area contributed by atoms with Crippen LogP contribution in [0.15, 0.2) is 48.9 Å². The number of hydrogen-bond donors (Lipinski definition) is 1. The van der Waals surface area contributed by atoms with Gasteiger partial charge in [0.2, 0.25) is 0 Å². The van der Waals surface area contributed by atoms with Gasteiger partial charge < -0.3 is 15.0 Å². The van der Waals surface area contributed by atoms with Gasteiger partial charge in [0.25, 0.3) is 0 Å². The molecule has 1 aromatic carbocycles. The lowest BCUT2D eigenvalue weighted by Crippen LogP contribution is -2.75. The van der Waals surface area contributed by atoms with E-state index in [0.717, 1.165) is 42.6 Å². The molecule has 2 saturated carbocycles. The number of carbonyl (C=O) groups excluding carboxylic acids is 1. The number of aromatic nitrogens is 3. The smallest absolute Gasteiger partial charge is 0.407 e. The Morgan fingerprint density at radius 1 is 1.16 bits per heavy atom. The van der Waals surface area contributed by atoms with Gasteiger partial charge in [0.05, 0.1) is 16.9 Å². The Balaban J connectivity index is 1.32. The molecule has 1 N–H and O–H groups in total. The molecule has 3 aromatic rings. The fourth-order valence-electron chi connectivity index (χ4n) is 6.38. The number of nitrogens with zero attached hydrogens (tertiary/aromatic N) is 4. The van der Waals surface area contributed by atoms with Crippen LogP contribution in [0.3, 0.4) is 0 Å². The van der Waals surface area contributed by atoms with E-state index < -0.39 is 5.60 Å². The van der Waals surface area contributed by atoms with Crippen LogP contribution >= 0.6 is 11.6 Å². The molecule has 6 rings (SSSR count). The first-order valence-corrected chi connectivity index (χ1v) is 13.0. The maximum atomic E-state index is 13.6. The lowest BCUT2D eigenvalue weighted by atomic mass is 9.53. The molecule has 2 aromatic heterocycles. The van der Waals surface area contributed by atoms with Gasteiger partial charge in [-0.05, 0) is 76.8 Å². The summed E-state index contributed by atoms with van der Waals surface area (Å²) >= 11 is 6.53. The van der Waals surface area contributed by atoms with E-state index in [1.165, 1.54) is 12.1 Å². The number of alkyl carbamates (subject to hydrolysis) is 1. The molecule has 7 nitrogen and oxygen atoms in total. The van der Waals surface area contributed by atoms with Gasteiger partial charge in [-0.1, -0.05) is 11.6 Å². The third-order valence-corrected chi connectivity index (χ3v) is 8.21. The summed E-state index contributed by atoms with van der Waals surface area (Å²) in [5.41, 5.74) is 2.42. The van der Waals surface area contributed by atoms with Gasteiger partial charge in [-0.3, -0.25) is 9.97 Å². The Morgan fingerprint density at radius 2 is 1.95 bits per heavy atom. The topological polar surface area (TPSA) is 80.2 Å². The third-order valence-electron chi connectivity index (χ3n) is 7.91. The van der Waals surface area contributed by atoms with Crippen molar-refractivity contribution >= 4 is 23.5 Å². The van der Waals surface area contributed by atoms with Crippen molar-refractivity contribution in [1.82, 2.24) is 20.3 Å². The number of ether oxygens (including phenoxy) is 1. The fourth-order valence-corrected chi connectivity index (χ4v) is 6.59. The average Bonchev–Trinajstić information content (AvgIpc) is 3.19. The van der Waals surface area contributed by atoms with Gasteiger partial charge in [-0.15, -0.1) is 0 Å². The average molecular weight is 522 g/mol. The number of halogens is 2. The van der Waals surface area contributed by atoms with Crippen LogP contribution in [0, 0.1) is 11.2 Å². The number of amides is 1. The Labute approximate surface area is 220 Å². The Hall–Kier alpha value is -3.26. The highest BCUT2D eigenvalue weighted by molar-refractivity contribution is 6.33. The third kappa shape index (κ3) is 4.11. The number of hydrogen-bond acceptors (Lipinski definition) is 6. The van der Waals surface area contributed by atoms with E-state index in [-0.39, 0.29) is 29.4 Å². The van der Waals surface area contributed by atoms with Crippen molar-refractivity contribution in [3.63, 3.8) is 0 Å².